The number of likely N-dealkylation sites (N-methyl/N-ethyl adjacent to an activating group) is 1. The van der Waals surface area contributed by atoms with Gasteiger partial charge in [0.1, 0.15) is 0 Å². The molecule has 3 aliphatic heterocycles. The van der Waals surface area contributed by atoms with Crippen molar-refractivity contribution in [3.8, 4) is 0 Å². The third-order valence-electron chi connectivity index (χ3n) is 5.37. The summed E-state index contributed by atoms with van der Waals surface area (Å²) in [6.07, 6.45) is 9.88. The highest BCUT2D eigenvalue weighted by molar-refractivity contribution is 4.92. The number of rotatable bonds is 2. The number of nitrogens with one attached hydrogen (secondary N) is 1. The van der Waals surface area contributed by atoms with Gasteiger partial charge in [0, 0.05) is 31.2 Å². The van der Waals surface area contributed by atoms with Gasteiger partial charge in [0.15, 0.2) is 0 Å². The molecular formula is C15H29N3. The molecule has 3 saturated heterocycles. The lowest BCUT2D eigenvalue weighted by Gasteiger charge is -2.29. The van der Waals surface area contributed by atoms with Crippen LogP contribution < -0.4 is 5.32 Å². The van der Waals surface area contributed by atoms with Gasteiger partial charge in [-0.25, -0.2) is 0 Å². The van der Waals surface area contributed by atoms with Gasteiger partial charge in [-0.05, 0) is 52.2 Å². The molecule has 0 aliphatic carbocycles. The zero-order chi connectivity index (χ0) is 12.4. The van der Waals surface area contributed by atoms with Gasteiger partial charge < -0.3 is 10.2 Å². The Morgan fingerprint density at radius 3 is 2.83 bits per heavy atom. The van der Waals surface area contributed by atoms with E-state index in [0.717, 1.165) is 18.1 Å². The second-order valence-corrected chi connectivity index (χ2v) is 6.60. The van der Waals surface area contributed by atoms with E-state index in [2.05, 4.69) is 22.2 Å². The zero-order valence-electron chi connectivity index (χ0n) is 11.9. The highest BCUT2D eigenvalue weighted by Crippen LogP contribution is 2.28. The van der Waals surface area contributed by atoms with Crippen molar-refractivity contribution in [1.82, 2.24) is 15.1 Å². The Kier molecular flexibility index (Phi) is 4.22. The van der Waals surface area contributed by atoms with Gasteiger partial charge in [0.2, 0.25) is 0 Å². The predicted molar refractivity (Wildman–Crippen MR) is 75.9 cm³/mol. The minimum atomic E-state index is 0.759. The van der Waals surface area contributed by atoms with E-state index in [0.29, 0.717) is 0 Å². The molecule has 3 nitrogen and oxygen atoms in total. The summed E-state index contributed by atoms with van der Waals surface area (Å²) in [6, 6.07) is 2.47. The average molecular weight is 251 g/mol. The Bertz CT molecular complexity index is 260. The summed E-state index contributed by atoms with van der Waals surface area (Å²) in [4.78, 5) is 5.39. The summed E-state index contributed by atoms with van der Waals surface area (Å²) in [5.41, 5.74) is 0. The van der Waals surface area contributed by atoms with E-state index in [9.17, 15) is 0 Å². The van der Waals surface area contributed by atoms with Crippen molar-refractivity contribution in [3.05, 3.63) is 0 Å². The van der Waals surface area contributed by atoms with Crippen molar-refractivity contribution in [1.29, 1.82) is 0 Å². The third-order valence-corrected chi connectivity index (χ3v) is 5.37. The fraction of sp³-hybridized carbons (Fsp3) is 1.00. The van der Waals surface area contributed by atoms with Gasteiger partial charge in [0.05, 0.1) is 0 Å². The first-order chi connectivity index (χ1) is 8.83. The molecule has 3 atom stereocenters. The van der Waals surface area contributed by atoms with Crippen LogP contribution >= 0.6 is 0 Å². The average Bonchev–Trinajstić information content (AvgIpc) is 2.56. The van der Waals surface area contributed by atoms with Gasteiger partial charge >= 0.3 is 0 Å². The highest BCUT2D eigenvalue weighted by Gasteiger charge is 2.34. The summed E-state index contributed by atoms with van der Waals surface area (Å²) in [5.74, 6) is 0. The molecule has 0 amide bonds. The molecule has 1 N–H and O–H groups in total. The van der Waals surface area contributed by atoms with E-state index in [1.165, 1.54) is 71.1 Å². The van der Waals surface area contributed by atoms with Gasteiger partial charge in [-0.15, -0.1) is 0 Å². The van der Waals surface area contributed by atoms with E-state index >= 15 is 0 Å². The molecule has 3 rings (SSSR count). The molecule has 0 aromatic heterocycles. The summed E-state index contributed by atoms with van der Waals surface area (Å²) in [7, 11) is 2.34. The molecule has 3 unspecified atom stereocenters. The van der Waals surface area contributed by atoms with Crippen molar-refractivity contribution in [2.45, 2.75) is 63.1 Å². The molecule has 3 heterocycles. The van der Waals surface area contributed by atoms with Crippen LogP contribution in [0.2, 0.25) is 0 Å². The molecule has 0 saturated carbocycles. The number of fused-ring (bicyclic) bond motifs is 2. The first-order valence-electron chi connectivity index (χ1n) is 8.00. The zero-order valence-corrected chi connectivity index (χ0v) is 11.9. The molecule has 3 fully saturated rings. The lowest BCUT2D eigenvalue weighted by atomic mass is 10.1. The van der Waals surface area contributed by atoms with Crippen LogP contribution in [0.5, 0.6) is 0 Å². The van der Waals surface area contributed by atoms with Crippen LogP contribution in [0.25, 0.3) is 0 Å². The molecule has 3 heteroatoms. The van der Waals surface area contributed by atoms with E-state index in [-0.39, 0.29) is 0 Å². The number of nitrogens with zero attached hydrogens (tertiary/aromatic N) is 2. The SMILES string of the molecule is CN1C2CCC1CN(CC1CCCCCN1)CC2. The van der Waals surface area contributed by atoms with E-state index in [1.54, 1.807) is 0 Å². The molecule has 0 aromatic rings. The molecule has 0 aromatic carbocycles. The van der Waals surface area contributed by atoms with E-state index in [4.69, 9.17) is 0 Å². The summed E-state index contributed by atoms with van der Waals surface area (Å²) in [6.45, 7) is 5.16. The van der Waals surface area contributed by atoms with Crippen LogP contribution in [0.1, 0.15) is 44.9 Å². The Morgan fingerprint density at radius 1 is 1.00 bits per heavy atom. The topological polar surface area (TPSA) is 18.5 Å². The first kappa shape index (κ1) is 12.9. The number of hydrogen-bond donors (Lipinski definition) is 1. The number of hydrogen-bond acceptors (Lipinski definition) is 3. The Balaban J connectivity index is 1.53. The highest BCUT2D eigenvalue weighted by atomic mass is 15.3. The monoisotopic (exact) mass is 251 g/mol. The minimum absolute atomic E-state index is 0.759. The van der Waals surface area contributed by atoms with Crippen molar-refractivity contribution in [3.63, 3.8) is 0 Å². The van der Waals surface area contributed by atoms with Crippen molar-refractivity contribution in [2.75, 3.05) is 33.2 Å². The number of likely N-dealkylation sites (tertiary alicyclic amines) is 1. The second-order valence-electron chi connectivity index (χ2n) is 6.60. The normalized spacial score (nSPS) is 39.5. The van der Waals surface area contributed by atoms with Crippen LogP contribution in [-0.4, -0.2) is 61.2 Å². The summed E-state index contributed by atoms with van der Waals surface area (Å²) < 4.78 is 0. The molecule has 0 radical (unpaired) electrons. The van der Waals surface area contributed by atoms with Gasteiger partial charge in [-0.1, -0.05) is 12.8 Å². The maximum atomic E-state index is 3.75. The molecule has 2 bridgehead atoms. The molecule has 104 valence electrons. The Morgan fingerprint density at radius 2 is 1.89 bits per heavy atom. The van der Waals surface area contributed by atoms with Crippen LogP contribution in [-0.2, 0) is 0 Å². The van der Waals surface area contributed by atoms with Gasteiger partial charge in [-0.2, -0.15) is 0 Å². The maximum Gasteiger partial charge on any atom is 0.0223 e. The molecule has 18 heavy (non-hydrogen) atoms. The van der Waals surface area contributed by atoms with E-state index < -0.39 is 0 Å². The molecule has 3 aliphatic rings. The Labute approximate surface area is 112 Å². The first-order valence-corrected chi connectivity index (χ1v) is 8.00. The second kappa shape index (κ2) is 5.89. The van der Waals surface area contributed by atoms with Crippen molar-refractivity contribution >= 4 is 0 Å². The lowest BCUT2D eigenvalue weighted by molar-refractivity contribution is 0.203. The minimum Gasteiger partial charge on any atom is -0.313 e. The van der Waals surface area contributed by atoms with Gasteiger partial charge in [-0.3, -0.25) is 4.90 Å². The largest absolute Gasteiger partial charge is 0.313 e. The van der Waals surface area contributed by atoms with Gasteiger partial charge in [0.25, 0.3) is 0 Å². The van der Waals surface area contributed by atoms with Crippen LogP contribution in [0.4, 0.5) is 0 Å². The quantitative estimate of drug-likeness (QED) is 0.806. The van der Waals surface area contributed by atoms with Crippen molar-refractivity contribution < 1.29 is 0 Å². The Hall–Kier alpha value is -0.120. The predicted octanol–water partition coefficient (Wildman–Crippen LogP) is 1.69. The molecule has 0 spiro atoms. The van der Waals surface area contributed by atoms with Crippen molar-refractivity contribution in [2.24, 2.45) is 0 Å². The fourth-order valence-corrected chi connectivity index (χ4v) is 4.11. The molecular weight excluding hydrogens is 222 g/mol. The van der Waals surface area contributed by atoms with Crippen LogP contribution in [0, 0.1) is 0 Å². The van der Waals surface area contributed by atoms with Crippen LogP contribution in [0.3, 0.4) is 0 Å². The standard InChI is InChI=1S/C15H29N3/c1-17-14-6-7-15(17)12-18(10-8-14)11-13-5-3-2-4-9-16-13/h13-16H,2-12H2,1H3. The lowest BCUT2D eigenvalue weighted by Crippen LogP contribution is -2.44. The fourth-order valence-electron chi connectivity index (χ4n) is 4.11. The third kappa shape index (κ3) is 2.89. The summed E-state index contributed by atoms with van der Waals surface area (Å²) >= 11 is 0. The smallest absolute Gasteiger partial charge is 0.0223 e. The maximum absolute atomic E-state index is 3.75. The van der Waals surface area contributed by atoms with Crippen LogP contribution in [0.15, 0.2) is 0 Å². The van der Waals surface area contributed by atoms with E-state index in [1.807, 2.05) is 0 Å². The summed E-state index contributed by atoms with van der Waals surface area (Å²) in [5, 5.41) is 3.75.